The zero-order valence-corrected chi connectivity index (χ0v) is 16.9. The van der Waals surface area contributed by atoms with Gasteiger partial charge in [0.1, 0.15) is 0 Å². The van der Waals surface area contributed by atoms with Crippen LogP contribution >= 0.6 is 24.0 Å². The van der Waals surface area contributed by atoms with Crippen molar-refractivity contribution in [2.45, 2.75) is 25.7 Å². The monoisotopic (exact) mass is 439 g/mol. The molecule has 0 aromatic carbocycles. The Labute approximate surface area is 158 Å². The molecule has 0 radical (unpaired) electrons. The van der Waals surface area contributed by atoms with Crippen molar-refractivity contribution < 1.29 is 4.74 Å². The summed E-state index contributed by atoms with van der Waals surface area (Å²) in [4.78, 5) is 9.31. The van der Waals surface area contributed by atoms with Crippen molar-refractivity contribution in [3.05, 3.63) is 0 Å². The Morgan fingerprint density at radius 3 is 1.91 bits per heavy atom. The lowest BCUT2D eigenvalue weighted by atomic mass is 10.2. The van der Waals surface area contributed by atoms with Crippen LogP contribution in [0.2, 0.25) is 0 Å². The Morgan fingerprint density at radius 1 is 0.870 bits per heavy atom. The number of rotatable bonds is 6. The van der Waals surface area contributed by atoms with Crippen LogP contribution in [0.25, 0.3) is 0 Å². The molecular formula is C16H34IN5O. The molecule has 0 aromatic heterocycles. The first kappa shape index (κ1) is 20.9. The smallest absolute Gasteiger partial charge is 0.191 e. The second kappa shape index (κ2) is 13.2. The lowest BCUT2D eigenvalue weighted by Gasteiger charge is -2.27. The maximum atomic E-state index is 5.37. The van der Waals surface area contributed by atoms with Crippen molar-refractivity contribution in [2.24, 2.45) is 4.99 Å². The van der Waals surface area contributed by atoms with E-state index < -0.39 is 0 Å². The Morgan fingerprint density at radius 2 is 1.39 bits per heavy atom. The molecule has 6 nitrogen and oxygen atoms in total. The van der Waals surface area contributed by atoms with E-state index >= 15 is 0 Å². The number of likely N-dealkylation sites (tertiary alicyclic amines) is 1. The zero-order valence-electron chi connectivity index (χ0n) is 14.6. The zero-order chi connectivity index (χ0) is 15.5. The predicted octanol–water partition coefficient (Wildman–Crippen LogP) is 0.978. The average molecular weight is 439 g/mol. The number of ether oxygens (including phenoxy) is 1. The van der Waals surface area contributed by atoms with Gasteiger partial charge in [-0.3, -0.25) is 9.89 Å². The third kappa shape index (κ3) is 9.07. The predicted molar refractivity (Wildman–Crippen MR) is 107 cm³/mol. The van der Waals surface area contributed by atoms with Gasteiger partial charge in [-0.25, -0.2) is 0 Å². The molecule has 0 bridgehead atoms. The molecule has 0 spiro atoms. The fourth-order valence-corrected chi connectivity index (χ4v) is 3.07. The maximum absolute atomic E-state index is 5.37. The summed E-state index contributed by atoms with van der Waals surface area (Å²) >= 11 is 0. The average Bonchev–Trinajstić information content (AvgIpc) is 2.83. The number of aliphatic imine (C=N–C) groups is 1. The molecule has 0 amide bonds. The summed E-state index contributed by atoms with van der Waals surface area (Å²) in [5, 5.41) is 6.83. The van der Waals surface area contributed by atoms with E-state index in [4.69, 9.17) is 4.74 Å². The lowest BCUT2D eigenvalue weighted by molar-refractivity contribution is 0.0389. The molecule has 2 saturated heterocycles. The number of hydrogen-bond donors (Lipinski definition) is 2. The van der Waals surface area contributed by atoms with E-state index in [2.05, 4.69) is 25.4 Å². The molecule has 2 fully saturated rings. The topological polar surface area (TPSA) is 52.1 Å². The first-order valence-corrected chi connectivity index (χ1v) is 8.85. The van der Waals surface area contributed by atoms with Crippen LogP contribution in [0, 0.1) is 0 Å². The van der Waals surface area contributed by atoms with E-state index in [1.54, 1.807) is 0 Å². The van der Waals surface area contributed by atoms with Crippen LogP contribution in [-0.4, -0.2) is 88.4 Å². The van der Waals surface area contributed by atoms with Crippen LogP contribution in [0.5, 0.6) is 0 Å². The van der Waals surface area contributed by atoms with Gasteiger partial charge in [-0.2, -0.15) is 0 Å². The number of morpholine rings is 1. The highest BCUT2D eigenvalue weighted by Crippen LogP contribution is 2.08. The highest BCUT2D eigenvalue weighted by atomic mass is 127. The van der Waals surface area contributed by atoms with Gasteiger partial charge in [-0.15, -0.1) is 24.0 Å². The molecule has 0 atom stereocenters. The number of halogens is 1. The van der Waals surface area contributed by atoms with E-state index in [9.17, 15) is 0 Å². The number of hydrogen-bond acceptors (Lipinski definition) is 4. The Bertz CT molecular complexity index is 316. The third-order valence-electron chi connectivity index (χ3n) is 4.47. The van der Waals surface area contributed by atoms with Gasteiger partial charge in [0.2, 0.25) is 0 Å². The normalized spacial score (nSPS) is 21.3. The minimum absolute atomic E-state index is 0. The third-order valence-corrected chi connectivity index (χ3v) is 4.47. The molecule has 0 saturated carbocycles. The Balaban J connectivity index is 0.00000264. The highest BCUT2D eigenvalue weighted by Gasteiger charge is 2.10. The first-order valence-electron chi connectivity index (χ1n) is 8.85. The van der Waals surface area contributed by atoms with Crippen LogP contribution in [0.15, 0.2) is 4.99 Å². The van der Waals surface area contributed by atoms with E-state index in [0.29, 0.717) is 0 Å². The van der Waals surface area contributed by atoms with Crippen LogP contribution in [0.1, 0.15) is 25.7 Å². The van der Waals surface area contributed by atoms with Gasteiger partial charge >= 0.3 is 0 Å². The van der Waals surface area contributed by atoms with Crippen molar-refractivity contribution in [3.63, 3.8) is 0 Å². The minimum atomic E-state index is 0. The molecule has 2 aliphatic heterocycles. The Kier molecular flexibility index (Phi) is 12.0. The highest BCUT2D eigenvalue weighted by molar-refractivity contribution is 14.0. The van der Waals surface area contributed by atoms with Crippen LogP contribution in [0.4, 0.5) is 0 Å². The van der Waals surface area contributed by atoms with Gasteiger partial charge in [0.05, 0.1) is 13.2 Å². The molecule has 2 aliphatic rings. The fourth-order valence-electron chi connectivity index (χ4n) is 3.07. The number of guanidine groups is 1. The van der Waals surface area contributed by atoms with E-state index in [0.717, 1.165) is 58.4 Å². The van der Waals surface area contributed by atoms with E-state index in [1.165, 1.54) is 38.8 Å². The first-order chi connectivity index (χ1) is 10.9. The molecule has 0 aromatic rings. The molecule has 2 N–H and O–H groups in total. The quantitative estimate of drug-likeness (QED) is 0.367. The molecule has 23 heavy (non-hydrogen) atoms. The number of nitrogens with one attached hydrogen (secondary N) is 2. The molecule has 0 unspecified atom stereocenters. The fraction of sp³-hybridized carbons (Fsp3) is 0.938. The van der Waals surface area contributed by atoms with Crippen molar-refractivity contribution >= 4 is 29.9 Å². The Hall–Kier alpha value is -0.120. The van der Waals surface area contributed by atoms with Crippen molar-refractivity contribution in [2.75, 3.05) is 72.6 Å². The SMILES string of the molecule is CN=C(NCCN1CCCCCC1)NCCN1CCOCC1.I. The van der Waals surface area contributed by atoms with Crippen molar-refractivity contribution in [1.82, 2.24) is 20.4 Å². The van der Waals surface area contributed by atoms with E-state index in [-0.39, 0.29) is 24.0 Å². The van der Waals surface area contributed by atoms with Gasteiger partial charge in [-0.05, 0) is 25.9 Å². The molecular weight excluding hydrogens is 405 g/mol. The second-order valence-electron chi connectivity index (χ2n) is 6.14. The number of nitrogens with zero attached hydrogens (tertiary/aromatic N) is 3. The van der Waals surface area contributed by atoms with Gasteiger partial charge in [0, 0.05) is 46.3 Å². The van der Waals surface area contributed by atoms with Gasteiger partial charge in [0.25, 0.3) is 0 Å². The minimum Gasteiger partial charge on any atom is -0.379 e. The molecule has 2 heterocycles. The van der Waals surface area contributed by atoms with Gasteiger partial charge < -0.3 is 20.3 Å². The summed E-state index contributed by atoms with van der Waals surface area (Å²) in [6.45, 7) is 10.4. The van der Waals surface area contributed by atoms with E-state index in [1.807, 2.05) is 7.05 Å². The summed E-state index contributed by atoms with van der Waals surface area (Å²) in [7, 11) is 1.84. The van der Waals surface area contributed by atoms with Crippen LogP contribution in [0.3, 0.4) is 0 Å². The molecule has 136 valence electrons. The molecule has 7 heteroatoms. The standard InChI is InChI=1S/C16H33N5O.HI/c1-17-16(19-7-11-21-12-14-22-15-13-21)18-6-10-20-8-4-2-3-5-9-20;/h2-15H2,1H3,(H2,17,18,19);1H. The summed E-state index contributed by atoms with van der Waals surface area (Å²) in [6, 6.07) is 0. The van der Waals surface area contributed by atoms with Gasteiger partial charge in [-0.1, -0.05) is 12.8 Å². The molecule has 2 rings (SSSR count). The lowest BCUT2D eigenvalue weighted by Crippen LogP contribution is -2.45. The summed E-state index contributed by atoms with van der Waals surface area (Å²) in [6.07, 6.45) is 5.50. The summed E-state index contributed by atoms with van der Waals surface area (Å²) in [5.41, 5.74) is 0. The van der Waals surface area contributed by atoms with Gasteiger partial charge in [0.15, 0.2) is 5.96 Å². The summed E-state index contributed by atoms with van der Waals surface area (Å²) < 4.78 is 5.37. The summed E-state index contributed by atoms with van der Waals surface area (Å²) in [5.74, 6) is 0.920. The van der Waals surface area contributed by atoms with Crippen molar-refractivity contribution in [1.29, 1.82) is 0 Å². The van der Waals surface area contributed by atoms with Crippen molar-refractivity contribution in [3.8, 4) is 0 Å². The van der Waals surface area contributed by atoms with Crippen LogP contribution < -0.4 is 10.6 Å². The maximum Gasteiger partial charge on any atom is 0.191 e. The second-order valence-corrected chi connectivity index (χ2v) is 6.14. The van der Waals surface area contributed by atoms with Crippen LogP contribution in [-0.2, 0) is 4.74 Å². The largest absolute Gasteiger partial charge is 0.379 e. The molecule has 0 aliphatic carbocycles.